The zero-order valence-corrected chi connectivity index (χ0v) is 17.3. The van der Waals surface area contributed by atoms with Gasteiger partial charge in [0.25, 0.3) is 0 Å². The first kappa shape index (κ1) is 20.5. The van der Waals surface area contributed by atoms with Crippen LogP contribution in [0.15, 0.2) is 30.3 Å². The third kappa shape index (κ3) is 4.85. The Kier molecular flexibility index (Phi) is 6.00. The smallest absolute Gasteiger partial charge is 0.338 e. The molecule has 4 rings (SSSR count). The molecule has 1 atom stereocenters. The van der Waals surface area contributed by atoms with E-state index < -0.39 is 11.8 Å². The summed E-state index contributed by atoms with van der Waals surface area (Å²) in [6.07, 6.45) is 3.74. The summed E-state index contributed by atoms with van der Waals surface area (Å²) in [5.41, 5.74) is 1.60. The summed E-state index contributed by atoms with van der Waals surface area (Å²) in [4.78, 5) is 13.6. The summed E-state index contributed by atoms with van der Waals surface area (Å²) >= 11 is 12.1. The van der Waals surface area contributed by atoms with Crippen LogP contribution in [0.5, 0.6) is 5.75 Å². The van der Waals surface area contributed by atoms with Gasteiger partial charge in [-0.2, -0.15) is 0 Å². The number of rotatable bonds is 6. The molecular formula is C22H22Cl2FNO3. The lowest BCUT2D eigenvalue weighted by Gasteiger charge is -2.33. The Bertz CT molecular complexity index is 933. The van der Waals surface area contributed by atoms with Crippen LogP contribution in [0.3, 0.4) is 0 Å². The van der Waals surface area contributed by atoms with Crippen molar-refractivity contribution < 1.29 is 19.0 Å². The Morgan fingerprint density at radius 2 is 1.97 bits per heavy atom. The molecule has 2 fully saturated rings. The Labute approximate surface area is 179 Å². The van der Waals surface area contributed by atoms with E-state index in [2.05, 4.69) is 4.90 Å². The van der Waals surface area contributed by atoms with Gasteiger partial charge in [-0.05, 0) is 67.5 Å². The summed E-state index contributed by atoms with van der Waals surface area (Å²) in [7, 11) is 0. The van der Waals surface area contributed by atoms with Crippen molar-refractivity contribution in [1.82, 2.24) is 4.90 Å². The van der Waals surface area contributed by atoms with Crippen LogP contribution in [0.1, 0.15) is 53.1 Å². The molecule has 0 aromatic heterocycles. The number of carboxylic acid groups (broad SMARTS) is 1. The van der Waals surface area contributed by atoms with Crippen LogP contribution in [-0.4, -0.2) is 35.2 Å². The van der Waals surface area contributed by atoms with Crippen molar-refractivity contribution in [2.24, 2.45) is 0 Å². The van der Waals surface area contributed by atoms with Gasteiger partial charge >= 0.3 is 5.97 Å². The molecule has 2 aliphatic rings. The number of nitrogens with zero attached hydrogens (tertiary/aromatic N) is 1. The molecule has 0 bridgehead atoms. The molecule has 0 spiro atoms. The molecule has 2 aromatic rings. The predicted molar refractivity (Wildman–Crippen MR) is 111 cm³/mol. The Morgan fingerprint density at radius 1 is 1.17 bits per heavy atom. The van der Waals surface area contributed by atoms with E-state index in [1.807, 2.05) is 12.1 Å². The number of carboxylic acids is 1. The lowest BCUT2D eigenvalue weighted by molar-refractivity contribution is 0.0690. The maximum Gasteiger partial charge on any atom is 0.338 e. The van der Waals surface area contributed by atoms with Gasteiger partial charge in [0.2, 0.25) is 0 Å². The quantitative estimate of drug-likeness (QED) is 0.624. The fourth-order valence-electron chi connectivity index (χ4n) is 3.88. The number of aromatic carboxylic acids is 1. The van der Waals surface area contributed by atoms with E-state index in [9.17, 15) is 14.3 Å². The zero-order chi connectivity index (χ0) is 20.5. The van der Waals surface area contributed by atoms with E-state index in [-0.39, 0.29) is 17.6 Å². The van der Waals surface area contributed by atoms with Crippen LogP contribution < -0.4 is 4.74 Å². The Hall–Kier alpha value is -1.82. The fourth-order valence-corrected chi connectivity index (χ4v) is 4.20. The maximum atomic E-state index is 14.3. The van der Waals surface area contributed by atoms with Crippen molar-refractivity contribution in [2.75, 3.05) is 13.1 Å². The second kappa shape index (κ2) is 8.50. The Morgan fingerprint density at radius 3 is 2.66 bits per heavy atom. The normalized spacial score (nSPS) is 19.9. The van der Waals surface area contributed by atoms with E-state index in [1.54, 1.807) is 6.07 Å². The topological polar surface area (TPSA) is 49.8 Å². The van der Waals surface area contributed by atoms with Gasteiger partial charge in [0, 0.05) is 19.2 Å². The highest BCUT2D eigenvalue weighted by molar-refractivity contribution is 6.42. The van der Waals surface area contributed by atoms with Crippen molar-refractivity contribution in [2.45, 2.75) is 44.2 Å². The van der Waals surface area contributed by atoms with Crippen molar-refractivity contribution in [1.29, 1.82) is 0 Å². The minimum Gasteiger partial charge on any atom is -0.489 e. The molecule has 154 valence electrons. The number of benzene rings is 2. The molecule has 0 amide bonds. The molecule has 0 radical (unpaired) electrons. The average molecular weight is 438 g/mol. The maximum absolute atomic E-state index is 14.3. The van der Waals surface area contributed by atoms with Crippen LogP contribution in [-0.2, 0) is 6.54 Å². The summed E-state index contributed by atoms with van der Waals surface area (Å²) in [6.45, 7) is 2.40. The van der Waals surface area contributed by atoms with E-state index in [4.69, 9.17) is 27.9 Å². The summed E-state index contributed by atoms with van der Waals surface area (Å²) in [6, 6.07) is 8.32. The van der Waals surface area contributed by atoms with Crippen LogP contribution in [0.4, 0.5) is 4.39 Å². The van der Waals surface area contributed by atoms with Gasteiger partial charge in [-0.25, -0.2) is 9.18 Å². The first-order valence-electron chi connectivity index (χ1n) is 9.80. The number of hydrogen-bond donors (Lipinski definition) is 1. The van der Waals surface area contributed by atoms with Crippen LogP contribution in [0, 0.1) is 5.82 Å². The van der Waals surface area contributed by atoms with Crippen LogP contribution in [0.2, 0.25) is 10.0 Å². The largest absolute Gasteiger partial charge is 0.489 e. The van der Waals surface area contributed by atoms with Gasteiger partial charge in [-0.1, -0.05) is 29.3 Å². The fraction of sp³-hybridized carbons (Fsp3) is 0.409. The van der Waals surface area contributed by atoms with Crippen molar-refractivity contribution in [3.8, 4) is 5.75 Å². The molecule has 1 aliphatic carbocycles. The molecule has 29 heavy (non-hydrogen) atoms. The average Bonchev–Trinajstić information content (AvgIpc) is 3.50. The standard InChI is InChI=1S/C22H22Cl2FNO3/c23-18-6-3-13(8-19(18)24)11-26-7-1-2-15(12-26)29-21-10-20(25)17(22(27)28)9-16(21)14-4-5-14/h3,6,8-10,14-15H,1-2,4-5,7,11-12H2,(H,27,28)/t15-/m1/s1. The first-order valence-corrected chi connectivity index (χ1v) is 10.6. The number of piperidine rings is 1. The van der Waals surface area contributed by atoms with Crippen molar-refractivity contribution in [3.05, 3.63) is 62.9 Å². The molecule has 1 aliphatic heterocycles. The summed E-state index contributed by atoms with van der Waals surface area (Å²) in [5, 5.41) is 10.3. The number of halogens is 3. The number of likely N-dealkylation sites (tertiary alicyclic amines) is 1. The molecular weight excluding hydrogens is 416 g/mol. The highest BCUT2D eigenvalue weighted by Gasteiger charge is 2.31. The third-order valence-corrected chi connectivity index (χ3v) is 6.23. The highest BCUT2D eigenvalue weighted by Crippen LogP contribution is 2.45. The Balaban J connectivity index is 1.47. The monoisotopic (exact) mass is 437 g/mol. The second-order valence-corrected chi connectivity index (χ2v) is 8.63. The molecule has 1 saturated carbocycles. The van der Waals surface area contributed by atoms with Crippen molar-refractivity contribution >= 4 is 29.2 Å². The minimum atomic E-state index is -1.25. The van der Waals surface area contributed by atoms with E-state index in [0.717, 1.165) is 49.9 Å². The SMILES string of the molecule is O=C(O)c1cc(C2CC2)c(O[C@@H]2CCCN(Cc3ccc(Cl)c(Cl)c3)C2)cc1F. The summed E-state index contributed by atoms with van der Waals surface area (Å²) < 4.78 is 20.5. The van der Waals surface area contributed by atoms with Gasteiger partial charge in [0.1, 0.15) is 17.7 Å². The van der Waals surface area contributed by atoms with Crippen LogP contribution in [0.25, 0.3) is 0 Å². The van der Waals surface area contributed by atoms with Gasteiger partial charge in [-0.3, -0.25) is 4.90 Å². The first-order chi connectivity index (χ1) is 13.9. The van der Waals surface area contributed by atoms with E-state index in [0.29, 0.717) is 22.3 Å². The molecule has 7 heteroatoms. The van der Waals surface area contributed by atoms with Gasteiger partial charge < -0.3 is 9.84 Å². The molecule has 2 aromatic carbocycles. The predicted octanol–water partition coefficient (Wildman–Crippen LogP) is 5.75. The van der Waals surface area contributed by atoms with E-state index in [1.165, 1.54) is 12.1 Å². The molecule has 1 N–H and O–H groups in total. The lowest BCUT2D eigenvalue weighted by atomic mass is 10.0. The number of hydrogen-bond acceptors (Lipinski definition) is 3. The number of ether oxygens (including phenoxy) is 1. The lowest BCUT2D eigenvalue weighted by Crippen LogP contribution is -2.40. The third-order valence-electron chi connectivity index (χ3n) is 5.49. The minimum absolute atomic E-state index is 0.0703. The van der Waals surface area contributed by atoms with Gasteiger partial charge in [0.15, 0.2) is 0 Å². The molecule has 0 unspecified atom stereocenters. The van der Waals surface area contributed by atoms with Crippen LogP contribution >= 0.6 is 23.2 Å². The number of carbonyl (C=O) groups is 1. The summed E-state index contributed by atoms with van der Waals surface area (Å²) in [5.74, 6) is -1.25. The second-order valence-electron chi connectivity index (χ2n) is 7.81. The van der Waals surface area contributed by atoms with E-state index >= 15 is 0 Å². The van der Waals surface area contributed by atoms with Crippen molar-refractivity contribution in [3.63, 3.8) is 0 Å². The van der Waals surface area contributed by atoms with Gasteiger partial charge in [-0.15, -0.1) is 0 Å². The molecule has 1 heterocycles. The highest BCUT2D eigenvalue weighted by atomic mass is 35.5. The molecule has 1 saturated heterocycles. The van der Waals surface area contributed by atoms with Gasteiger partial charge in [0.05, 0.1) is 15.6 Å². The zero-order valence-electron chi connectivity index (χ0n) is 15.8. The molecule has 4 nitrogen and oxygen atoms in total.